The van der Waals surface area contributed by atoms with E-state index in [-0.39, 0.29) is 0 Å². The lowest BCUT2D eigenvalue weighted by Crippen LogP contribution is -2.15. The van der Waals surface area contributed by atoms with Crippen LogP contribution >= 0.6 is 0 Å². The Morgan fingerprint density at radius 3 is 2.78 bits per heavy atom. The smallest absolute Gasteiger partial charge is 0.121 e. The lowest BCUT2D eigenvalue weighted by molar-refractivity contribution is 0.0854. The SMILES string of the molecule is CCCCOc1ccc(C2CCOCC2)c(N)c1. The fourth-order valence-electron chi connectivity index (χ4n) is 2.36. The van der Waals surface area contributed by atoms with Gasteiger partial charge in [0.2, 0.25) is 0 Å². The second-order valence-electron chi connectivity index (χ2n) is 4.88. The summed E-state index contributed by atoms with van der Waals surface area (Å²) in [5, 5.41) is 0. The number of rotatable bonds is 5. The number of nitrogens with two attached hydrogens (primary N) is 1. The van der Waals surface area contributed by atoms with Crippen LogP contribution in [-0.2, 0) is 4.74 Å². The van der Waals surface area contributed by atoms with Gasteiger partial charge in [-0.1, -0.05) is 19.4 Å². The summed E-state index contributed by atoms with van der Waals surface area (Å²) >= 11 is 0. The topological polar surface area (TPSA) is 44.5 Å². The number of hydrogen-bond acceptors (Lipinski definition) is 3. The van der Waals surface area contributed by atoms with Gasteiger partial charge in [0.05, 0.1) is 6.61 Å². The first-order chi connectivity index (χ1) is 8.81. The summed E-state index contributed by atoms with van der Waals surface area (Å²) in [6, 6.07) is 6.11. The quantitative estimate of drug-likeness (QED) is 0.643. The Balaban J connectivity index is 2.00. The minimum Gasteiger partial charge on any atom is -0.494 e. The van der Waals surface area contributed by atoms with Crippen molar-refractivity contribution in [3.8, 4) is 5.75 Å². The normalized spacial score (nSPS) is 16.7. The van der Waals surface area contributed by atoms with Gasteiger partial charge in [-0.15, -0.1) is 0 Å². The van der Waals surface area contributed by atoms with E-state index in [9.17, 15) is 0 Å². The van der Waals surface area contributed by atoms with Crippen molar-refractivity contribution >= 4 is 5.69 Å². The fourth-order valence-corrected chi connectivity index (χ4v) is 2.36. The molecular formula is C15H23NO2. The summed E-state index contributed by atoms with van der Waals surface area (Å²) in [7, 11) is 0. The first-order valence-electron chi connectivity index (χ1n) is 6.91. The molecule has 1 aromatic carbocycles. The Morgan fingerprint density at radius 2 is 2.11 bits per heavy atom. The number of nitrogen functional groups attached to an aromatic ring is 1. The molecule has 0 saturated carbocycles. The van der Waals surface area contributed by atoms with Gasteiger partial charge in [-0.25, -0.2) is 0 Å². The van der Waals surface area contributed by atoms with Crippen molar-refractivity contribution < 1.29 is 9.47 Å². The van der Waals surface area contributed by atoms with Gasteiger partial charge in [0.15, 0.2) is 0 Å². The minimum absolute atomic E-state index is 0.545. The molecule has 0 unspecified atom stereocenters. The van der Waals surface area contributed by atoms with Gasteiger partial charge >= 0.3 is 0 Å². The summed E-state index contributed by atoms with van der Waals surface area (Å²) in [6.07, 6.45) is 4.37. The van der Waals surface area contributed by atoms with E-state index in [0.29, 0.717) is 5.92 Å². The van der Waals surface area contributed by atoms with Crippen molar-refractivity contribution in [2.45, 2.75) is 38.5 Å². The highest BCUT2D eigenvalue weighted by Crippen LogP contribution is 2.32. The second-order valence-corrected chi connectivity index (χ2v) is 4.88. The van der Waals surface area contributed by atoms with E-state index >= 15 is 0 Å². The number of benzene rings is 1. The molecule has 0 radical (unpaired) electrons. The van der Waals surface area contributed by atoms with Crippen LogP contribution in [0.3, 0.4) is 0 Å². The molecule has 0 aliphatic carbocycles. The van der Waals surface area contributed by atoms with Gasteiger partial charge in [0.25, 0.3) is 0 Å². The molecule has 3 heteroatoms. The van der Waals surface area contributed by atoms with Crippen LogP contribution in [0.15, 0.2) is 18.2 Å². The Bertz CT molecular complexity index is 373. The standard InChI is InChI=1S/C15H23NO2/c1-2-3-8-18-13-4-5-14(15(16)11-13)12-6-9-17-10-7-12/h4-5,11-12H,2-3,6-10,16H2,1H3. The van der Waals surface area contributed by atoms with Crippen LogP contribution in [0.1, 0.15) is 44.1 Å². The maximum Gasteiger partial charge on any atom is 0.121 e. The van der Waals surface area contributed by atoms with E-state index in [0.717, 1.165) is 56.9 Å². The third-order valence-electron chi connectivity index (χ3n) is 3.49. The average Bonchev–Trinajstić information content (AvgIpc) is 2.40. The number of hydrogen-bond donors (Lipinski definition) is 1. The highest BCUT2D eigenvalue weighted by molar-refractivity contribution is 5.53. The predicted octanol–water partition coefficient (Wildman–Crippen LogP) is 3.34. The van der Waals surface area contributed by atoms with E-state index in [4.69, 9.17) is 15.2 Å². The van der Waals surface area contributed by atoms with Gasteiger partial charge in [0, 0.05) is 25.0 Å². The van der Waals surface area contributed by atoms with E-state index in [1.54, 1.807) is 0 Å². The zero-order valence-electron chi connectivity index (χ0n) is 11.2. The number of unbranched alkanes of at least 4 members (excludes halogenated alkanes) is 1. The fraction of sp³-hybridized carbons (Fsp3) is 0.600. The molecule has 0 bridgehead atoms. The molecule has 1 aliphatic rings. The molecule has 1 aliphatic heterocycles. The third kappa shape index (κ3) is 3.39. The highest BCUT2D eigenvalue weighted by atomic mass is 16.5. The van der Waals surface area contributed by atoms with E-state index < -0.39 is 0 Å². The Kier molecular flexibility index (Phi) is 4.88. The summed E-state index contributed by atoms with van der Waals surface area (Å²) in [5.41, 5.74) is 8.24. The van der Waals surface area contributed by atoms with Crippen LogP contribution in [0.4, 0.5) is 5.69 Å². The maximum absolute atomic E-state index is 6.14. The Labute approximate surface area is 109 Å². The molecule has 0 atom stereocenters. The van der Waals surface area contributed by atoms with Crippen molar-refractivity contribution in [3.05, 3.63) is 23.8 Å². The van der Waals surface area contributed by atoms with Gasteiger partial charge in [-0.05, 0) is 36.8 Å². The highest BCUT2D eigenvalue weighted by Gasteiger charge is 2.18. The molecule has 0 spiro atoms. The monoisotopic (exact) mass is 249 g/mol. The Morgan fingerprint density at radius 1 is 1.33 bits per heavy atom. The van der Waals surface area contributed by atoms with Crippen molar-refractivity contribution in [1.82, 2.24) is 0 Å². The molecule has 0 amide bonds. The molecule has 1 saturated heterocycles. The summed E-state index contributed by atoms with van der Waals surface area (Å²) < 4.78 is 11.0. The minimum atomic E-state index is 0.545. The zero-order valence-corrected chi connectivity index (χ0v) is 11.2. The molecule has 18 heavy (non-hydrogen) atoms. The second kappa shape index (κ2) is 6.64. The van der Waals surface area contributed by atoms with Crippen LogP contribution in [0.2, 0.25) is 0 Å². The predicted molar refractivity (Wildman–Crippen MR) is 74.1 cm³/mol. The van der Waals surface area contributed by atoms with Crippen LogP contribution in [0.25, 0.3) is 0 Å². The molecular weight excluding hydrogens is 226 g/mol. The molecule has 2 rings (SSSR count). The molecule has 3 nitrogen and oxygen atoms in total. The van der Waals surface area contributed by atoms with Crippen LogP contribution < -0.4 is 10.5 Å². The number of anilines is 1. The summed E-state index contributed by atoms with van der Waals surface area (Å²) in [4.78, 5) is 0. The molecule has 100 valence electrons. The van der Waals surface area contributed by atoms with Gasteiger partial charge < -0.3 is 15.2 Å². The molecule has 1 heterocycles. The molecule has 1 fully saturated rings. The van der Waals surface area contributed by atoms with Crippen molar-refractivity contribution in [2.75, 3.05) is 25.6 Å². The van der Waals surface area contributed by atoms with Gasteiger partial charge in [-0.2, -0.15) is 0 Å². The van der Waals surface area contributed by atoms with Crippen molar-refractivity contribution in [3.63, 3.8) is 0 Å². The van der Waals surface area contributed by atoms with E-state index in [2.05, 4.69) is 13.0 Å². The number of ether oxygens (including phenoxy) is 2. The molecule has 1 aromatic rings. The van der Waals surface area contributed by atoms with Crippen molar-refractivity contribution in [2.24, 2.45) is 0 Å². The van der Waals surface area contributed by atoms with Gasteiger partial charge in [0.1, 0.15) is 5.75 Å². The average molecular weight is 249 g/mol. The van der Waals surface area contributed by atoms with Crippen LogP contribution in [0.5, 0.6) is 5.75 Å². The zero-order chi connectivity index (χ0) is 12.8. The van der Waals surface area contributed by atoms with E-state index in [1.807, 2.05) is 12.1 Å². The van der Waals surface area contributed by atoms with E-state index in [1.165, 1.54) is 5.56 Å². The molecule has 0 aromatic heterocycles. The van der Waals surface area contributed by atoms with Crippen LogP contribution in [-0.4, -0.2) is 19.8 Å². The van der Waals surface area contributed by atoms with Gasteiger partial charge in [-0.3, -0.25) is 0 Å². The van der Waals surface area contributed by atoms with Crippen LogP contribution in [0, 0.1) is 0 Å². The first kappa shape index (κ1) is 13.2. The lowest BCUT2D eigenvalue weighted by Gasteiger charge is -2.23. The van der Waals surface area contributed by atoms with Crippen molar-refractivity contribution in [1.29, 1.82) is 0 Å². The third-order valence-corrected chi connectivity index (χ3v) is 3.49. The summed E-state index contributed by atoms with van der Waals surface area (Å²) in [6.45, 7) is 4.62. The molecule has 2 N–H and O–H groups in total. The lowest BCUT2D eigenvalue weighted by atomic mass is 9.90. The Hall–Kier alpha value is -1.22. The maximum atomic E-state index is 6.14. The first-order valence-corrected chi connectivity index (χ1v) is 6.91. The largest absolute Gasteiger partial charge is 0.494 e. The summed E-state index contributed by atoms with van der Waals surface area (Å²) in [5.74, 6) is 1.43.